The molecule has 0 spiro atoms. The Bertz CT molecular complexity index is 612. The van der Waals surface area contributed by atoms with Crippen LogP contribution in [0.25, 0.3) is 0 Å². The molecule has 3 saturated heterocycles. The van der Waals surface area contributed by atoms with Crippen molar-refractivity contribution in [3.05, 3.63) is 0 Å². The lowest BCUT2D eigenvalue weighted by molar-refractivity contribution is -0.145. The molecule has 0 atom stereocenters. The number of hydrogen-bond acceptors (Lipinski definition) is 10. The maximum absolute atomic E-state index is 11.9. The number of piperazine rings is 1. The minimum absolute atomic E-state index is 0.180. The summed E-state index contributed by atoms with van der Waals surface area (Å²) in [5.74, 6) is -0.546. The third kappa shape index (κ3) is 7.83. The lowest BCUT2D eigenvalue weighted by Crippen LogP contribution is -2.47. The molecule has 0 N–H and O–H groups in total. The topological polar surface area (TPSA) is 118 Å². The number of amides is 2. The number of esters is 2. The second-order valence-electron chi connectivity index (χ2n) is 7.83. The second-order valence-corrected chi connectivity index (χ2v) is 7.83. The van der Waals surface area contributed by atoms with Crippen molar-refractivity contribution < 1.29 is 38.1 Å². The molecule has 12 nitrogen and oxygen atoms in total. The maximum atomic E-state index is 11.9. The van der Waals surface area contributed by atoms with Crippen molar-refractivity contribution in [3.63, 3.8) is 0 Å². The number of hydrogen-bond donors (Lipinski definition) is 0. The fourth-order valence-corrected chi connectivity index (χ4v) is 3.68. The van der Waals surface area contributed by atoms with Gasteiger partial charge in [-0.3, -0.25) is 9.59 Å². The smallest absolute Gasteiger partial charge is 0.410 e. The third-order valence-electron chi connectivity index (χ3n) is 5.67. The van der Waals surface area contributed by atoms with Gasteiger partial charge in [-0.15, -0.1) is 0 Å². The summed E-state index contributed by atoms with van der Waals surface area (Å²) in [5, 5.41) is 0. The van der Waals surface area contributed by atoms with Crippen LogP contribution < -0.4 is 0 Å². The molecule has 3 rings (SSSR count). The number of nitrogens with zero attached hydrogens (tertiary/aromatic N) is 4. The van der Waals surface area contributed by atoms with Crippen molar-refractivity contribution in [1.29, 1.82) is 0 Å². The van der Waals surface area contributed by atoms with E-state index in [0.29, 0.717) is 65.3 Å². The summed E-state index contributed by atoms with van der Waals surface area (Å²) >= 11 is 0. The Morgan fingerprint density at radius 1 is 0.656 bits per heavy atom. The number of cyclic esters (lactones) is 2. The Balaban J connectivity index is 1.17. The lowest BCUT2D eigenvalue weighted by Gasteiger charge is -2.34. The van der Waals surface area contributed by atoms with Gasteiger partial charge >= 0.3 is 24.1 Å². The summed E-state index contributed by atoms with van der Waals surface area (Å²) in [6.07, 6.45) is -0.107. The van der Waals surface area contributed by atoms with Gasteiger partial charge in [-0.05, 0) is 0 Å². The predicted octanol–water partition coefficient (Wildman–Crippen LogP) is -0.625. The van der Waals surface area contributed by atoms with Crippen molar-refractivity contribution in [3.8, 4) is 0 Å². The van der Waals surface area contributed by atoms with Crippen LogP contribution in [0.5, 0.6) is 0 Å². The van der Waals surface area contributed by atoms with E-state index in [2.05, 4.69) is 9.80 Å². The lowest BCUT2D eigenvalue weighted by atomic mass is 10.2. The van der Waals surface area contributed by atoms with Crippen molar-refractivity contribution in [2.75, 3.05) is 91.9 Å². The zero-order chi connectivity index (χ0) is 22.8. The Hall–Kier alpha value is -2.60. The summed E-state index contributed by atoms with van der Waals surface area (Å²) in [5.41, 5.74) is 0. The molecule has 32 heavy (non-hydrogen) atoms. The van der Waals surface area contributed by atoms with Crippen LogP contribution in [0, 0.1) is 0 Å². The Labute approximate surface area is 187 Å². The second kappa shape index (κ2) is 12.4. The fraction of sp³-hybridized carbons (Fsp3) is 0.800. The summed E-state index contributed by atoms with van der Waals surface area (Å²) in [6, 6.07) is 0. The van der Waals surface area contributed by atoms with E-state index in [0.717, 1.165) is 26.2 Å². The number of ether oxygens (including phenoxy) is 4. The van der Waals surface area contributed by atoms with Crippen molar-refractivity contribution in [1.82, 2.24) is 19.6 Å². The summed E-state index contributed by atoms with van der Waals surface area (Å²) in [4.78, 5) is 53.8. The number of rotatable bonds is 12. The predicted molar refractivity (Wildman–Crippen MR) is 110 cm³/mol. The first kappa shape index (κ1) is 24.1. The first-order valence-electron chi connectivity index (χ1n) is 11.1. The molecule has 3 fully saturated rings. The molecule has 3 heterocycles. The molecule has 0 bridgehead atoms. The van der Waals surface area contributed by atoms with Gasteiger partial charge in [-0.25, -0.2) is 9.59 Å². The van der Waals surface area contributed by atoms with Crippen LogP contribution in [0.4, 0.5) is 9.59 Å². The van der Waals surface area contributed by atoms with E-state index in [1.807, 2.05) is 0 Å². The van der Waals surface area contributed by atoms with Crippen LogP contribution in [0.1, 0.15) is 12.8 Å². The first-order valence-corrected chi connectivity index (χ1v) is 11.1. The van der Waals surface area contributed by atoms with E-state index in [-0.39, 0.29) is 37.3 Å². The van der Waals surface area contributed by atoms with Gasteiger partial charge in [0.15, 0.2) is 0 Å². The molecule has 180 valence electrons. The van der Waals surface area contributed by atoms with E-state index in [1.165, 1.54) is 9.80 Å². The Morgan fingerprint density at radius 3 is 1.41 bits per heavy atom. The zero-order valence-corrected chi connectivity index (χ0v) is 18.4. The Kier molecular flexibility index (Phi) is 9.35. The van der Waals surface area contributed by atoms with Crippen LogP contribution in [0.15, 0.2) is 0 Å². The quantitative estimate of drug-likeness (QED) is 0.278. The minimum atomic E-state index is -0.360. The molecule has 0 saturated carbocycles. The van der Waals surface area contributed by atoms with Gasteiger partial charge in [0.05, 0.1) is 39.0 Å². The SMILES string of the molecule is O=C(CCN1CCN(CCC(=O)OCCN2CCOC2=O)CC1)OCCN1CCOC1=O. The molecule has 3 aliphatic rings. The molecule has 12 heteroatoms. The third-order valence-corrected chi connectivity index (χ3v) is 5.67. The van der Waals surface area contributed by atoms with Crippen molar-refractivity contribution in [2.24, 2.45) is 0 Å². The van der Waals surface area contributed by atoms with E-state index in [9.17, 15) is 19.2 Å². The average Bonchev–Trinajstić information content (AvgIpc) is 3.39. The monoisotopic (exact) mass is 456 g/mol. The molecule has 0 radical (unpaired) electrons. The van der Waals surface area contributed by atoms with E-state index in [1.54, 1.807) is 0 Å². The van der Waals surface area contributed by atoms with Crippen LogP contribution in [0.2, 0.25) is 0 Å². The highest BCUT2D eigenvalue weighted by atomic mass is 16.6. The zero-order valence-electron chi connectivity index (χ0n) is 18.4. The van der Waals surface area contributed by atoms with Gasteiger partial charge in [0.25, 0.3) is 0 Å². The van der Waals surface area contributed by atoms with Crippen LogP contribution in [0.3, 0.4) is 0 Å². The van der Waals surface area contributed by atoms with E-state index < -0.39 is 0 Å². The molecule has 3 aliphatic heterocycles. The summed E-state index contributed by atoms with van der Waals surface area (Å²) in [6.45, 7) is 7.44. The van der Waals surface area contributed by atoms with Gasteiger partial charge in [0.1, 0.15) is 26.4 Å². The molecular weight excluding hydrogens is 424 g/mol. The maximum Gasteiger partial charge on any atom is 0.410 e. The van der Waals surface area contributed by atoms with Crippen LogP contribution in [-0.2, 0) is 28.5 Å². The van der Waals surface area contributed by atoms with Gasteiger partial charge in [-0.2, -0.15) is 0 Å². The van der Waals surface area contributed by atoms with Gasteiger partial charge < -0.3 is 38.5 Å². The highest BCUT2D eigenvalue weighted by Gasteiger charge is 2.23. The largest absolute Gasteiger partial charge is 0.464 e. The summed E-state index contributed by atoms with van der Waals surface area (Å²) in [7, 11) is 0. The summed E-state index contributed by atoms with van der Waals surface area (Å²) < 4.78 is 20.0. The normalized spacial score (nSPS) is 19.8. The van der Waals surface area contributed by atoms with E-state index in [4.69, 9.17) is 18.9 Å². The van der Waals surface area contributed by atoms with Gasteiger partial charge in [0.2, 0.25) is 0 Å². The van der Waals surface area contributed by atoms with Gasteiger partial charge in [0, 0.05) is 39.3 Å². The highest BCUT2D eigenvalue weighted by Crippen LogP contribution is 2.06. The van der Waals surface area contributed by atoms with E-state index >= 15 is 0 Å². The van der Waals surface area contributed by atoms with Crippen molar-refractivity contribution in [2.45, 2.75) is 12.8 Å². The standard InChI is InChI=1S/C20H32N4O8/c25-17(29-13-9-23-11-15-31-19(23)27)1-3-21-5-7-22(8-6-21)4-2-18(26)30-14-10-24-12-16-32-20(24)28/h1-16H2. The first-order chi connectivity index (χ1) is 15.5. The molecule has 0 aromatic rings. The van der Waals surface area contributed by atoms with Crippen LogP contribution in [-0.4, -0.2) is 136 Å². The molecular formula is C20H32N4O8. The van der Waals surface area contributed by atoms with Crippen LogP contribution >= 0.6 is 0 Å². The average molecular weight is 456 g/mol. The minimum Gasteiger partial charge on any atom is -0.464 e. The molecule has 0 aromatic heterocycles. The Morgan fingerprint density at radius 2 is 1.06 bits per heavy atom. The molecule has 2 amide bonds. The molecule has 0 unspecified atom stereocenters. The molecule has 0 aromatic carbocycles. The number of carbonyl (C=O) groups excluding carboxylic acids is 4. The highest BCUT2D eigenvalue weighted by molar-refractivity contribution is 5.71. The fourth-order valence-electron chi connectivity index (χ4n) is 3.68. The van der Waals surface area contributed by atoms with Gasteiger partial charge in [-0.1, -0.05) is 0 Å². The van der Waals surface area contributed by atoms with Crippen molar-refractivity contribution >= 4 is 24.1 Å². The number of carbonyl (C=O) groups is 4. The molecule has 0 aliphatic carbocycles.